The van der Waals surface area contributed by atoms with Gasteiger partial charge in [0.15, 0.2) is 0 Å². The molecule has 27 heavy (non-hydrogen) atoms. The van der Waals surface area contributed by atoms with Crippen molar-refractivity contribution < 1.29 is 9.53 Å². The molecule has 5 nitrogen and oxygen atoms in total. The number of hydrogen-bond donors (Lipinski definition) is 0. The number of rotatable bonds is 3. The normalized spacial score (nSPS) is 16.3. The first-order chi connectivity index (χ1) is 13.0. The van der Waals surface area contributed by atoms with Crippen molar-refractivity contribution in [1.29, 1.82) is 0 Å². The molecule has 7 heteroatoms. The highest BCUT2D eigenvalue weighted by Crippen LogP contribution is 2.44. The zero-order valence-electron chi connectivity index (χ0n) is 14.8. The monoisotopic (exact) mass is 444 g/mol. The lowest BCUT2D eigenvalue weighted by molar-refractivity contribution is -0.118. The van der Waals surface area contributed by atoms with E-state index < -0.39 is 0 Å². The molecule has 1 aromatic heterocycles. The van der Waals surface area contributed by atoms with E-state index >= 15 is 0 Å². The molecule has 0 N–H and O–H groups in total. The van der Waals surface area contributed by atoms with Gasteiger partial charge in [0.1, 0.15) is 11.6 Å². The van der Waals surface area contributed by atoms with Gasteiger partial charge in [-0.15, -0.1) is 0 Å². The van der Waals surface area contributed by atoms with Gasteiger partial charge >= 0.3 is 4.87 Å². The summed E-state index contributed by atoms with van der Waals surface area (Å²) in [4.78, 5) is 28.0. The van der Waals surface area contributed by atoms with Crippen LogP contribution in [0.1, 0.15) is 22.8 Å². The highest BCUT2D eigenvalue weighted by molar-refractivity contribution is 9.10. The van der Waals surface area contributed by atoms with Crippen molar-refractivity contribution in [3.05, 3.63) is 73.1 Å². The fourth-order valence-electron chi connectivity index (χ4n) is 3.41. The third-order valence-corrected chi connectivity index (χ3v) is 6.38. The SMILES string of the molecule is COc1ccc([C@H]2CC(=O)N(c3cccc(Br)c3)c3c2sc(=O)n3C)cc1. The maximum atomic E-state index is 13.1. The molecular formula is C20H17BrN2O3S. The van der Waals surface area contributed by atoms with Gasteiger partial charge in [-0.1, -0.05) is 45.5 Å². The zero-order chi connectivity index (χ0) is 19.1. The van der Waals surface area contributed by atoms with Crippen LogP contribution in [0, 0.1) is 0 Å². The molecule has 0 aliphatic carbocycles. The first-order valence-corrected chi connectivity index (χ1v) is 10.0. The van der Waals surface area contributed by atoms with Crippen LogP contribution in [0.2, 0.25) is 0 Å². The number of hydrogen-bond acceptors (Lipinski definition) is 4. The first kappa shape index (κ1) is 18.0. The Kier molecular flexibility index (Phi) is 4.65. The number of methoxy groups -OCH3 is 1. The topological polar surface area (TPSA) is 51.5 Å². The lowest BCUT2D eigenvalue weighted by atomic mass is 9.90. The number of aromatic nitrogens is 1. The van der Waals surface area contributed by atoms with E-state index in [9.17, 15) is 9.59 Å². The lowest BCUT2D eigenvalue weighted by Gasteiger charge is -2.32. The van der Waals surface area contributed by atoms with Gasteiger partial charge in [0.05, 0.1) is 17.7 Å². The third kappa shape index (κ3) is 3.11. The highest BCUT2D eigenvalue weighted by atomic mass is 79.9. The van der Waals surface area contributed by atoms with E-state index in [1.165, 1.54) is 11.3 Å². The van der Waals surface area contributed by atoms with Gasteiger partial charge in [0.2, 0.25) is 5.91 Å². The number of benzene rings is 2. The second-order valence-electron chi connectivity index (χ2n) is 6.35. The Balaban J connectivity index is 1.86. The van der Waals surface area contributed by atoms with Crippen molar-refractivity contribution in [2.24, 2.45) is 7.05 Å². The molecule has 0 saturated carbocycles. The van der Waals surface area contributed by atoms with Crippen molar-refractivity contribution in [2.45, 2.75) is 12.3 Å². The summed E-state index contributed by atoms with van der Waals surface area (Å²) in [6.45, 7) is 0. The van der Waals surface area contributed by atoms with Crippen LogP contribution in [-0.4, -0.2) is 17.6 Å². The standard InChI is InChI=1S/C20H17BrN2O3S/c1-22-19-18(27-20(22)25)16(12-6-8-15(26-2)9-7-12)11-17(24)23(19)14-5-3-4-13(21)10-14/h3-10,16H,11H2,1-2H3/t16-/m1/s1. The largest absolute Gasteiger partial charge is 0.497 e. The van der Waals surface area contributed by atoms with E-state index in [-0.39, 0.29) is 16.7 Å². The van der Waals surface area contributed by atoms with Crippen LogP contribution in [0.25, 0.3) is 0 Å². The van der Waals surface area contributed by atoms with Gasteiger partial charge in [-0.3, -0.25) is 19.1 Å². The molecule has 0 unspecified atom stereocenters. The van der Waals surface area contributed by atoms with Crippen LogP contribution in [0.4, 0.5) is 11.5 Å². The van der Waals surface area contributed by atoms with E-state index in [1.807, 2.05) is 48.5 Å². The number of amides is 1. The Morgan fingerprint density at radius 3 is 2.56 bits per heavy atom. The summed E-state index contributed by atoms with van der Waals surface area (Å²) in [6, 6.07) is 15.2. The van der Waals surface area contributed by atoms with E-state index in [0.29, 0.717) is 12.2 Å². The number of carbonyl (C=O) groups is 1. The van der Waals surface area contributed by atoms with E-state index in [4.69, 9.17) is 4.74 Å². The molecule has 0 spiro atoms. The molecule has 3 aromatic rings. The Labute approximate surface area is 168 Å². The summed E-state index contributed by atoms with van der Waals surface area (Å²) in [7, 11) is 3.34. The smallest absolute Gasteiger partial charge is 0.308 e. The maximum absolute atomic E-state index is 13.1. The van der Waals surface area contributed by atoms with Crippen LogP contribution in [0.5, 0.6) is 5.75 Å². The van der Waals surface area contributed by atoms with Crippen molar-refractivity contribution >= 4 is 44.7 Å². The number of carbonyl (C=O) groups excluding carboxylic acids is 1. The van der Waals surface area contributed by atoms with Gasteiger partial charge in [-0.05, 0) is 35.9 Å². The number of thiazole rings is 1. The maximum Gasteiger partial charge on any atom is 0.308 e. The summed E-state index contributed by atoms with van der Waals surface area (Å²) < 4.78 is 7.67. The second-order valence-corrected chi connectivity index (χ2v) is 8.26. The van der Waals surface area contributed by atoms with Crippen LogP contribution >= 0.6 is 27.3 Å². The van der Waals surface area contributed by atoms with Gasteiger partial charge in [-0.2, -0.15) is 0 Å². The predicted molar refractivity (Wildman–Crippen MR) is 110 cm³/mol. The van der Waals surface area contributed by atoms with Gasteiger partial charge < -0.3 is 4.74 Å². The van der Waals surface area contributed by atoms with Crippen molar-refractivity contribution in [3.63, 3.8) is 0 Å². The average molecular weight is 445 g/mol. The van der Waals surface area contributed by atoms with Crippen molar-refractivity contribution in [1.82, 2.24) is 4.57 Å². The minimum Gasteiger partial charge on any atom is -0.497 e. The van der Waals surface area contributed by atoms with E-state index in [0.717, 1.165) is 26.4 Å². The summed E-state index contributed by atoms with van der Waals surface area (Å²) in [5.74, 6) is 1.24. The molecule has 0 radical (unpaired) electrons. The average Bonchev–Trinajstić information content (AvgIpc) is 2.96. The quantitative estimate of drug-likeness (QED) is 0.600. The number of fused-ring (bicyclic) bond motifs is 1. The molecule has 138 valence electrons. The molecule has 2 aromatic carbocycles. The van der Waals surface area contributed by atoms with Crippen LogP contribution < -0.4 is 14.5 Å². The van der Waals surface area contributed by atoms with Crippen molar-refractivity contribution in [2.75, 3.05) is 12.0 Å². The Morgan fingerprint density at radius 1 is 1.15 bits per heavy atom. The number of anilines is 2. The number of nitrogens with zero attached hydrogens (tertiary/aromatic N) is 2. The van der Waals surface area contributed by atoms with Crippen LogP contribution in [0.15, 0.2) is 57.8 Å². The molecule has 0 fully saturated rings. The van der Waals surface area contributed by atoms with Gasteiger partial charge in [-0.25, -0.2) is 0 Å². The Hall–Kier alpha value is -2.38. The predicted octanol–water partition coefficient (Wildman–Crippen LogP) is 4.42. The first-order valence-electron chi connectivity index (χ1n) is 8.41. The highest BCUT2D eigenvalue weighted by Gasteiger charge is 2.37. The zero-order valence-corrected chi connectivity index (χ0v) is 17.2. The summed E-state index contributed by atoms with van der Waals surface area (Å²) >= 11 is 4.66. The molecule has 0 saturated heterocycles. The summed E-state index contributed by atoms with van der Waals surface area (Å²) in [5, 5.41) is 0. The molecule has 1 amide bonds. The van der Waals surface area contributed by atoms with Crippen molar-refractivity contribution in [3.8, 4) is 5.75 Å². The van der Waals surface area contributed by atoms with Gasteiger partial charge in [0.25, 0.3) is 0 Å². The van der Waals surface area contributed by atoms with Crippen LogP contribution in [-0.2, 0) is 11.8 Å². The second kappa shape index (κ2) is 6.98. The number of halogens is 1. The minimum atomic E-state index is -0.138. The van der Waals surface area contributed by atoms with Crippen LogP contribution in [0.3, 0.4) is 0 Å². The lowest BCUT2D eigenvalue weighted by Crippen LogP contribution is -2.34. The molecule has 4 rings (SSSR count). The molecule has 1 aliphatic rings. The molecule has 2 heterocycles. The fraction of sp³-hybridized carbons (Fsp3) is 0.200. The molecule has 0 bridgehead atoms. The Bertz CT molecular complexity index is 1070. The summed E-state index contributed by atoms with van der Waals surface area (Å²) in [5.41, 5.74) is 1.75. The minimum absolute atomic E-state index is 0.0326. The fourth-order valence-corrected chi connectivity index (χ4v) is 4.89. The van der Waals surface area contributed by atoms with Gasteiger partial charge in [0, 0.05) is 23.9 Å². The Morgan fingerprint density at radius 2 is 1.89 bits per heavy atom. The summed E-state index contributed by atoms with van der Waals surface area (Å²) in [6.07, 6.45) is 0.311. The molecular weight excluding hydrogens is 428 g/mol. The van der Waals surface area contributed by atoms with E-state index in [2.05, 4.69) is 15.9 Å². The van der Waals surface area contributed by atoms with E-state index in [1.54, 1.807) is 23.6 Å². The number of ether oxygens (including phenoxy) is 1. The molecule has 1 aliphatic heterocycles. The third-order valence-electron chi connectivity index (χ3n) is 4.75. The molecule has 1 atom stereocenters.